The highest BCUT2D eigenvalue weighted by molar-refractivity contribution is 5.01. The zero-order valence-electron chi connectivity index (χ0n) is 12.7. The molecule has 0 aromatic carbocycles. The smallest absolute Gasteiger partial charge is 0.0330 e. The molecule has 2 fully saturated rings. The van der Waals surface area contributed by atoms with Gasteiger partial charge in [0.15, 0.2) is 0 Å². The Morgan fingerprint density at radius 1 is 1.22 bits per heavy atom. The molecule has 1 atom stereocenters. The molecule has 106 valence electrons. The molecule has 1 unspecified atom stereocenters. The van der Waals surface area contributed by atoms with Crippen molar-refractivity contribution in [3.05, 3.63) is 0 Å². The molecule has 0 aromatic heterocycles. The van der Waals surface area contributed by atoms with Crippen LogP contribution in [0.25, 0.3) is 0 Å². The van der Waals surface area contributed by atoms with Gasteiger partial charge in [-0.05, 0) is 59.7 Å². The lowest BCUT2D eigenvalue weighted by Gasteiger charge is -2.52. The van der Waals surface area contributed by atoms with Gasteiger partial charge in [-0.25, -0.2) is 0 Å². The van der Waals surface area contributed by atoms with Gasteiger partial charge < -0.3 is 10.6 Å². The Hall–Kier alpha value is -0.120. The molecule has 3 heteroatoms. The SMILES string of the molecule is CN(CC1(N(C)C)CCC1)C(C)(CN)CC1CC1. The van der Waals surface area contributed by atoms with Gasteiger partial charge in [0, 0.05) is 24.2 Å². The van der Waals surface area contributed by atoms with Crippen LogP contribution in [0.3, 0.4) is 0 Å². The van der Waals surface area contributed by atoms with Gasteiger partial charge in [-0.3, -0.25) is 4.90 Å². The summed E-state index contributed by atoms with van der Waals surface area (Å²) in [4.78, 5) is 4.98. The first-order valence-electron chi connectivity index (χ1n) is 7.51. The molecule has 18 heavy (non-hydrogen) atoms. The predicted octanol–water partition coefficient (Wildman–Crippen LogP) is 1.92. The number of hydrogen-bond donors (Lipinski definition) is 1. The summed E-state index contributed by atoms with van der Waals surface area (Å²) in [7, 11) is 6.74. The molecule has 0 spiro atoms. The monoisotopic (exact) mass is 253 g/mol. The van der Waals surface area contributed by atoms with Crippen molar-refractivity contribution in [3.63, 3.8) is 0 Å². The molecule has 2 rings (SSSR count). The average molecular weight is 253 g/mol. The van der Waals surface area contributed by atoms with Gasteiger partial charge in [0.25, 0.3) is 0 Å². The number of nitrogens with zero attached hydrogens (tertiary/aromatic N) is 2. The topological polar surface area (TPSA) is 32.5 Å². The Balaban J connectivity index is 1.97. The van der Waals surface area contributed by atoms with Crippen LogP contribution in [0, 0.1) is 5.92 Å². The predicted molar refractivity (Wildman–Crippen MR) is 77.7 cm³/mol. The molecule has 0 amide bonds. The van der Waals surface area contributed by atoms with Crippen LogP contribution in [0.5, 0.6) is 0 Å². The first kappa shape index (κ1) is 14.3. The fourth-order valence-electron chi connectivity index (χ4n) is 3.30. The highest BCUT2D eigenvalue weighted by Gasteiger charge is 2.43. The quantitative estimate of drug-likeness (QED) is 0.752. The molecule has 0 radical (unpaired) electrons. The maximum absolute atomic E-state index is 6.08. The molecule has 0 heterocycles. The van der Waals surface area contributed by atoms with Crippen molar-refractivity contribution >= 4 is 0 Å². The van der Waals surface area contributed by atoms with E-state index in [1.807, 2.05) is 0 Å². The van der Waals surface area contributed by atoms with Gasteiger partial charge in [0.2, 0.25) is 0 Å². The highest BCUT2D eigenvalue weighted by atomic mass is 15.3. The Bertz CT molecular complexity index is 281. The maximum atomic E-state index is 6.08. The van der Waals surface area contributed by atoms with Crippen LogP contribution in [-0.4, -0.2) is 55.1 Å². The van der Waals surface area contributed by atoms with Gasteiger partial charge in [-0.2, -0.15) is 0 Å². The largest absolute Gasteiger partial charge is 0.329 e. The Morgan fingerprint density at radius 2 is 1.83 bits per heavy atom. The Morgan fingerprint density at radius 3 is 2.17 bits per heavy atom. The molecule has 2 saturated carbocycles. The van der Waals surface area contributed by atoms with Crippen LogP contribution >= 0.6 is 0 Å². The number of likely N-dealkylation sites (N-methyl/N-ethyl adjacent to an activating group) is 2. The van der Waals surface area contributed by atoms with Gasteiger partial charge >= 0.3 is 0 Å². The van der Waals surface area contributed by atoms with E-state index in [9.17, 15) is 0 Å². The molecule has 0 bridgehead atoms. The number of hydrogen-bond acceptors (Lipinski definition) is 3. The molecule has 2 N–H and O–H groups in total. The summed E-state index contributed by atoms with van der Waals surface area (Å²) in [6.07, 6.45) is 8.19. The van der Waals surface area contributed by atoms with Crippen molar-refractivity contribution in [1.29, 1.82) is 0 Å². The molecular weight excluding hydrogens is 222 g/mol. The van der Waals surface area contributed by atoms with Crippen LogP contribution in [-0.2, 0) is 0 Å². The van der Waals surface area contributed by atoms with E-state index in [1.54, 1.807) is 0 Å². The third-order valence-corrected chi connectivity index (χ3v) is 5.55. The van der Waals surface area contributed by atoms with Crippen molar-refractivity contribution in [2.75, 3.05) is 34.2 Å². The van der Waals surface area contributed by atoms with Crippen molar-refractivity contribution < 1.29 is 0 Å². The first-order valence-corrected chi connectivity index (χ1v) is 7.51. The summed E-state index contributed by atoms with van der Waals surface area (Å²) in [5, 5.41) is 0. The van der Waals surface area contributed by atoms with Crippen molar-refractivity contribution in [1.82, 2.24) is 9.80 Å². The summed E-state index contributed by atoms with van der Waals surface area (Å²) in [5.41, 5.74) is 6.69. The minimum Gasteiger partial charge on any atom is -0.329 e. The third-order valence-electron chi connectivity index (χ3n) is 5.55. The van der Waals surface area contributed by atoms with Crippen molar-refractivity contribution in [3.8, 4) is 0 Å². The number of nitrogens with two attached hydrogens (primary N) is 1. The first-order chi connectivity index (χ1) is 8.42. The van der Waals surface area contributed by atoms with Crippen molar-refractivity contribution in [2.45, 2.75) is 56.5 Å². The minimum atomic E-state index is 0.194. The molecule has 2 aliphatic carbocycles. The van der Waals surface area contributed by atoms with Crippen LogP contribution < -0.4 is 5.73 Å². The molecule has 0 aliphatic heterocycles. The second-order valence-electron chi connectivity index (χ2n) is 7.18. The lowest BCUT2D eigenvalue weighted by atomic mass is 9.74. The Kier molecular flexibility index (Phi) is 4.05. The lowest BCUT2D eigenvalue weighted by molar-refractivity contribution is -0.00663. The van der Waals surface area contributed by atoms with E-state index < -0.39 is 0 Å². The van der Waals surface area contributed by atoms with Gasteiger partial charge in [-0.15, -0.1) is 0 Å². The van der Waals surface area contributed by atoms with E-state index in [4.69, 9.17) is 5.73 Å². The van der Waals surface area contributed by atoms with E-state index in [0.717, 1.165) is 12.5 Å². The fraction of sp³-hybridized carbons (Fsp3) is 1.00. The van der Waals surface area contributed by atoms with Gasteiger partial charge in [0.1, 0.15) is 0 Å². The standard InChI is InChI=1S/C15H31N3/c1-14(11-16,10-13-6-7-13)18(4)12-15(17(2)3)8-5-9-15/h13H,5-12,16H2,1-4H3. The van der Waals surface area contributed by atoms with Crippen LogP contribution in [0.2, 0.25) is 0 Å². The van der Waals surface area contributed by atoms with E-state index >= 15 is 0 Å². The normalized spacial score (nSPS) is 26.2. The Labute approximate surface area is 113 Å². The average Bonchev–Trinajstić information content (AvgIpc) is 3.05. The summed E-state index contributed by atoms with van der Waals surface area (Å²) in [5.74, 6) is 0.942. The number of rotatable bonds is 7. The van der Waals surface area contributed by atoms with Crippen LogP contribution in [0.1, 0.15) is 45.4 Å². The maximum Gasteiger partial charge on any atom is 0.0330 e. The highest BCUT2D eigenvalue weighted by Crippen LogP contribution is 2.41. The zero-order valence-corrected chi connectivity index (χ0v) is 12.7. The summed E-state index contributed by atoms with van der Waals surface area (Å²) in [6, 6.07) is 0. The van der Waals surface area contributed by atoms with E-state index in [0.29, 0.717) is 5.54 Å². The molecule has 2 aliphatic rings. The summed E-state index contributed by atoms with van der Waals surface area (Å²) in [6.45, 7) is 4.30. The fourth-order valence-corrected chi connectivity index (χ4v) is 3.30. The molecule has 0 saturated heterocycles. The van der Waals surface area contributed by atoms with E-state index in [-0.39, 0.29) is 5.54 Å². The molecular formula is C15H31N3. The lowest BCUT2D eigenvalue weighted by Crippen LogP contribution is -2.61. The second kappa shape index (κ2) is 5.10. The minimum absolute atomic E-state index is 0.194. The van der Waals surface area contributed by atoms with Crippen LogP contribution in [0.4, 0.5) is 0 Å². The zero-order chi connectivity index (χ0) is 13.4. The third kappa shape index (κ3) is 2.73. The summed E-state index contributed by atoms with van der Waals surface area (Å²) < 4.78 is 0. The van der Waals surface area contributed by atoms with Gasteiger partial charge in [0.05, 0.1) is 0 Å². The van der Waals surface area contributed by atoms with E-state index in [1.165, 1.54) is 45.1 Å². The van der Waals surface area contributed by atoms with E-state index in [2.05, 4.69) is 37.9 Å². The van der Waals surface area contributed by atoms with Gasteiger partial charge in [-0.1, -0.05) is 12.8 Å². The van der Waals surface area contributed by atoms with Crippen LogP contribution in [0.15, 0.2) is 0 Å². The molecule has 3 nitrogen and oxygen atoms in total. The summed E-state index contributed by atoms with van der Waals surface area (Å²) >= 11 is 0. The van der Waals surface area contributed by atoms with Crippen molar-refractivity contribution in [2.24, 2.45) is 11.7 Å². The molecule has 0 aromatic rings. The second-order valence-corrected chi connectivity index (χ2v) is 7.18.